The number of benzene rings is 2. The number of fused-ring (bicyclic) bond motifs is 1. The van der Waals surface area contributed by atoms with Crippen LogP contribution in [0.5, 0.6) is 0 Å². The van der Waals surface area contributed by atoms with Crippen molar-refractivity contribution in [2.45, 2.75) is 26.5 Å². The van der Waals surface area contributed by atoms with Gasteiger partial charge in [-0.25, -0.2) is 0 Å². The second kappa shape index (κ2) is 6.30. The van der Waals surface area contributed by atoms with Gasteiger partial charge in [0.25, 0.3) is 0 Å². The molecule has 1 atom stereocenters. The van der Waals surface area contributed by atoms with Crippen LogP contribution in [0.25, 0.3) is 10.9 Å². The fourth-order valence-electron chi connectivity index (χ4n) is 3.00. The van der Waals surface area contributed by atoms with Crippen molar-refractivity contribution in [1.29, 1.82) is 0 Å². The molecule has 1 unspecified atom stereocenters. The fourth-order valence-corrected chi connectivity index (χ4v) is 3.36. The number of hydrogen-bond acceptors (Lipinski definition) is 2. The van der Waals surface area contributed by atoms with Crippen molar-refractivity contribution in [1.82, 2.24) is 4.57 Å². The van der Waals surface area contributed by atoms with E-state index in [1.165, 1.54) is 0 Å². The third-order valence-electron chi connectivity index (χ3n) is 4.14. The van der Waals surface area contributed by atoms with Crippen LogP contribution in [0.3, 0.4) is 0 Å². The molecule has 1 heterocycles. The van der Waals surface area contributed by atoms with Crippen molar-refractivity contribution in [3.8, 4) is 0 Å². The Morgan fingerprint density at radius 2 is 1.91 bits per heavy atom. The van der Waals surface area contributed by atoms with E-state index in [0.717, 1.165) is 21.1 Å². The Kier molecular flexibility index (Phi) is 4.37. The van der Waals surface area contributed by atoms with Gasteiger partial charge in [-0.2, -0.15) is 0 Å². The summed E-state index contributed by atoms with van der Waals surface area (Å²) in [5, 5.41) is 11.2. The van der Waals surface area contributed by atoms with E-state index in [4.69, 9.17) is 0 Å². The van der Waals surface area contributed by atoms with Gasteiger partial charge in [-0.05, 0) is 31.5 Å². The van der Waals surface area contributed by atoms with Crippen LogP contribution in [-0.2, 0) is 0 Å². The molecule has 0 fully saturated rings. The Morgan fingerprint density at radius 3 is 2.57 bits per heavy atom. The van der Waals surface area contributed by atoms with Gasteiger partial charge in [0.2, 0.25) is 0 Å². The van der Waals surface area contributed by atoms with Crippen LogP contribution in [0, 0.1) is 6.92 Å². The number of carbonyl (C=O) groups excluding carboxylic acids is 1. The van der Waals surface area contributed by atoms with Gasteiger partial charge in [0, 0.05) is 21.1 Å². The number of carbonyl (C=O) groups is 1. The molecule has 2 aromatic carbocycles. The molecule has 0 aliphatic rings. The summed E-state index contributed by atoms with van der Waals surface area (Å²) in [7, 11) is 0. The summed E-state index contributed by atoms with van der Waals surface area (Å²) < 4.78 is 2.76. The number of aromatic nitrogens is 1. The zero-order valence-corrected chi connectivity index (χ0v) is 14.7. The number of rotatable bonds is 4. The van der Waals surface area contributed by atoms with E-state index >= 15 is 0 Å². The van der Waals surface area contributed by atoms with Crippen molar-refractivity contribution in [2.24, 2.45) is 0 Å². The van der Waals surface area contributed by atoms with Gasteiger partial charge in [0.1, 0.15) is 6.23 Å². The normalized spacial score (nSPS) is 12.5. The Bertz CT molecular complexity index is 868. The first-order valence-corrected chi connectivity index (χ1v) is 8.41. The van der Waals surface area contributed by atoms with E-state index < -0.39 is 6.23 Å². The molecule has 0 amide bonds. The highest BCUT2D eigenvalue weighted by molar-refractivity contribution is 9.10. The maximum absolute atomic E-state index is 13.0. The van der Waals surface area contributed by atoms with Gasteiger partial charge >= 0.3 is 0 Å². The zero-order chi connectivity index (χ0) is 16.6. The molecule has 0 aliphatic carbocycles. The number of aliphatic hydroxyl groups excluding tert-OH is 1. The second-order valence-corrected chi connectivity index (χ2v) is 6.49. The third-order valence-corrected chi connectivity index (χ3v) is 4.63. The highest BCUT2D eigenvalue weighted by Crippen LogP contribution is 2.33. The zero-order valence-electron chi connectivity index (χ0n) is 13.1. The molecule has 0 saturated heterocycles. The maximum Gasteiger partial charge on any atom is 0.195 e. The van der Waals surface area contributed by atoms with Crippen LogP contribution < -0.4 is 0 Å². The average molecular weight is 372 g/mol. The topological polar surface area (TPSA) is 42.2 Å². The lowest BCUT2D eigenvalue weighted by atomic mass is 10.0. The Hall–Kier alpha value is -1.91. The fraction of sp³-hybridized carbons (Fsp3) is 0.211. The van der Waals surface area contributed by atoms with Crippen molar-refractivity contribution in [3.63, 3.8) is 0 Å². The summed E-state index contributed by atoms with van der Waals surface area (Å²) in [6.45, 7) is 3.82. The SMILES string of the molecule is CCC(O)n1c(C)c(C(=O)c2ccccc2)c2cc(Br)ccc21. The van der Waals surface area contributed by atoms with Gasteiger partial charge < -0.3 is 9.67 Å². The highest BCUT2D eigenvalue weighted by Gasteiger charge is 2.23. The second-order valence-electron chi connectivity index (χ2n) is 5.58. The first kappa shape index (κ1) is 16.0. The minimum absolute atomic E-state index is 0.0201. The highest BCUT2D eigenvalue weighted by atomic mass is 79.9. The van der Waals surface area contributed by atoms with Gasteiger partial charge in [-0.3, -0.25) is 4.79 Å². The summed E-state index contributed by atoms with van der Waals surface area (Å²) in [6.07, 6.45) is -0.0596. The van der Waals surface area contributed by atoms with Gasteiger partial charge in [-0.1, -0.05) is 53.2 Å². The van der Waals surface area contributed by atoms with Gasteiger partial charge in [-0.15, -0.1) is 0 Å². The molecule has 1 aromatic heterocycles. The van der Waals surface area contributed by atoms with Crippen molar-refractivity contribution < 1.29 is 9.90 Å². The number of ketones is 1. The molecular weight excluding hydrogens is 354 g/mol. The lowest BCUT2D eigenvalue weighted by molar-refractivity contribution is 0.100. The van der Waals surface area contributed by atoms with E-state index in [2.05, 4.69) is 15.9 Å². The maximum atomic E-state index is 13.0. The van der Waals surface area contributed by atoms with Crippen LogP contribution in [0.1, 0.15) is 41.2 Å². The first-order valence-electron chi connectivity index (χ1n) is 7.62. The molecule has 0 aliphatic heterocycles. The van der Waals surface area contributed by atoms with E-state index in [-0.39, 0.29) is 5.78 Å². The van der Waals surface area contributed by atoms with Gasteiger partial charge in [0.15, 0.2) is 5.78 Å². The van der Waals surface area contributed by atoms with Crippen molar-refractivity contribution in [3.05, 3.63) is 69.8 Å². The Labute approximate surface area is 143 Å². The van der Waals surface area contributed by atoms with Crippen LogP contribution in [0.2, 0.25) is 0 Å². The predicted molar refractivity (Wildman–Crippen MR) is 95.8 cm³/mol. The Morgan fingerprint density at radius 1 is 1.22 bits per heavy atom. The molecular formula is C19H18BrNO2. The standard InChI is InChI=1S/C19H18BrNO2/c1-3-17(22)21-12(2)18(15-11-14(20)9-10-16(15)21)19(23)13-7-5-4-6-8-13/h4-11,17,22H,3H2,1-2H3. The number of aliphatic hydroxyl groups is 1. The summed E-state index contributed by atoms with van der Waals surface area (Å²) in [5.41, 5.74) is 2.97. The Balaban J connectivity index is 2.30. The number of hydrogen-bond donors (Lipinski definition) is 1. The van der Waals surface area contributed by atoms with E-state index in [1.54, 1.807) is 0 Å². The number of nitrogens with zero attached hydrogens (tertiary/aromatic N) is 1. The van der Waals surface area contributed by atoms with E-state index in [1.807, 2.05) is 66.9 Å². The lowest BCUT2D eigenvalue weighted by Crippen LogP contribution is -2.10. The summed E-state index contributed by atoms with van der Waals surface area (Å²) in [6, 6.07) is 15.1. The molecule has 0 spiro atoms. The minimum atomic E-state index is -0.643. The summed E-state index contributed by atoms with van der Waals surface area (Å²) >= 11 is 3.48. The molecule has 118 valence electrons. The predicted octanol–water partition coefficient (Wildman–Crippen LogP) is 4.84. The van der Waals surface area contributed by atoms with Crippen LogP contribution in [0.15, 0.2) is 53.0 Å². The van der Waals surface area contributed by atoms with Crippen molar-refractivity contribution >= 4 is 32.6 Å². The lowest BCUT2D eigenvalue weighted by Gasteiger charge is -2.14. The average Bonchev–Trinajstić information content (AvgIpc) is 2.85. The molecule has 23 heavy (non-hydrogen) atoms. The molecule has 0 radical (unpaired) electrons. The molecule has 0 bridgehead atoms. The third kappa shape index (κ3) is 2.73. The smallest absolute Gasteiger partial charge is 0.195 e. The monoisotopic (exact) mass is 371 g/mol. The quantitative estimate of drug-likeness (QED) is 0.666. The van der Waals surface area contributed by atoms with Gasteiger partial charge in [0.05, 0.1) is 11.1 Å². The van der Waals surface area contributed by atoms with Crippen LogP contribution in [-0.4, -0.2) is 15.5 Å². The number of halogens is 1. The minimum Gasteiger partial charge on any atom is -0.373 e. The molecule has 3 nitrogen and oxygen atoms in total. The molecule has 3 aromatic rings. The molecule has 0 saturated carbocycles. The molecule has 3 rings (SSSR count). The first-order chi connectivity index (χ1) is 11.0. The van der Waals surface area contributed by atoms with E-state index in [0.29, 0.717) is 17.5 Å². The van der Waals surface area contributed by atoms with Crippen LogP contribution in [0.4, 0.5) is 0 Å². The van der Waals surface area contributed by atoms with Crippen molar-refractivity contribution in [2.75, 3.05) is 0 Å². The largest absolute Gasteiger partial charge is 0.373 e. The summed E-state index contributed by atoms with van der Waals surface area (Å²) in [4.78, 5) is 13.0. The molecule has 1 N–H and O–H groups in total. The van der Waals surface area contributed by atoms with E-state index in [9.17, 15) is 9.90 Å². The molecule has 4 heteroatoms. The van der Waals surface area contributed by atoms with Crippen LogP contribution >= 0.6 is 15.9 Å². The summed E-state index contributed by atoms with van der Waals surface area (Å²) in [5.74, 6) is -0.0201.